The van der Waals surface area contributed by atoms with Gasteiger partial charge in [-0.1, -0.05) is 119 Å². The van der Waals surface area contributed by atoms with Crippen LogP contribution in [0, 0.1) is 0 Å². The van der Waals surface area contributed by atoms with Crippen molar-refractivity contribution in [2.24, 2.45) is 0 Å². The first-order valence-electron chi connectivity index (χ1n) is 16.4. The Balaban J connectivity index is 1.58. The summed E-state index contributed by atoms with van der Waals surface area (Å²) in [5.41, 5.74) is 11.0. The van der Waals surface area contributed by atoms with Crippen LogP contribution in [-0.2, 0) is 17.4 Å². The highest BCUT2D eigenvalue weighted by Gasteiger charge is 2.38. The molecule has 2 heteroatoms. The lowest BCUT2D eigenvalue weighted by atomic mass is 9.63. The largest absolute Gasteiger partial charge is 0.334 e. The van der Waals surface area contributed by atoms with Crippen LogP contribution in [0.3, 0.4) is 0 Å². The zero-order chi connectivity index (χ0) is 30.5. The minimum absolute atomic E-state index is 0.122. The van der Waals surface area contributed by atoms with Crippen molar-refractivity contribution in [2.75, 3.05) is 0 Å². The molecule has 0 spiro atoms. The van der Waals surface area contributed by atoms with E-state index >= 15 is 0 Å². The third-order valence-corrected chi connectivity index (χ3v) is 10.8. The number of benzene rings is 6. The molecule has 220 valence electrons. The van der Waals surface area contributed by atoms with Crippen molar-refractivity contribution >= 4 is 54.4 Å². The van der Waals surface area contributed by atoms with E-state index in [1.807, 2.05) is 0 Å². The predicted octanol–water partition coefficient (Wildman–Crippen LogP) is 11.4. The maximum Gasteiger partial charge on any atom is 0.0791 e. The first-order chi connectivity index (χ1) is 21.8. The third kappa shape index (κ3) is 3.75. The van der Waals surface area contributed by atoms with Crippen LogP contribution >= 0.6 is 0 Å². The molecule has 0 saturated heterocycles. The van der Waals surface area contributed by atoms with Gasteiger partial charge < -0.3 is 9.13 Å². The molecule has 45 heavy (non-hydrogen) atoms. The number of fused-ring (bicyclic) bond motifs is 11. The quantitative estimate of drug-likeness (QED) is 0.196. The molecule has 8 aromatic rings. The standard InChI is InChI=1S/C43H38N2/c1-42(2)23-24-43(3,4)35-26-37-33(25-34(35)42)39-31-20-12-11-19-30(31)38-32-21-13-14-22-36(32)44(27-28-15-7-5-8-16-28)40(38)41(39)45(37)29-17-9-6-10-18-29/h5-22,25-26H,23-24,27H2,1-4H3. The smallest absolute Gasteiger partial charge is 0.0791 e. The fraction of sp³-hybridized carbons (Fsp3) is 0.209. The minimum Gasteiger partial charge on any atom is -0.334 e. The summed E-state index contributed by atoms with van der Waals surface area (Å²) in [6.07, 6.45) is 2.40. The average Bonchev–Trinajstić information content (AvgIpc) is 3.57. The molecule has 0 atom stereocenters. The summed E-state index contributed by atoms with van der Waals surface area (Å²) in [6, 6.07) is 45.2. The zero-order valence-electron chi connectivity index (χ0n) is 26.6. The molecule has 2 aromatic heterocycles. The second-order valence-corrected chi connectivity index (χ2v) is 14.4. The van der Waals surface area contributed by atoms with Gasteiger partial charge in [-0.05, 0) is 81.5 Å². The number of para-hydroxylation sites is 2. The highest BCUT2D eigenvalue weighted by Crippen LogP contribution is 2.51. The maximum absolute atomic E-state index is 2.58. The number of nitrogens with zero attached hydrogens (tertiary/aromatic N) is 2. The summed E-state index contributed by atoms with van der Waals surface area (Å²) in [5, 5.41) is 8.02. The van der Waals surface area contributed by atoms with Gasteiger partial charge >= 0.3 is 0 Å². The fourth-order valence-electron chi connectivity index (χ4n) is 8.36. The lowest BCUT2D eigenvalue weighted by Crippen LogP contribution is -2.33. The summed E-state index contributed by atoms with van der Waals surface area (Å²) >= 11 is 0. The molecule has 6 aromatic carbocycles. The van der Waals surface area contributed by atoms with E-state index in [1.165, 1.54) is 89.6 Å². The van der Waals surface area contributed by atoms with Gasteiger partial charge in [0, 0.05) is 39.3 Å². The number of hydrogen-bond donors (Lipinski definition) is 0. The molecule has 1 aliphatic rings. The van der Waals surface area contributed by atoms with Crippen LogP contribution in [0.1, 0.15) is 57.2 Å². The van der Waals surface area contributed by atoms with Gasteiger partial charge in [-0.25, -0.2) is 0 Å². The monoisotopic (exact) mass is 582 g/mol. The van der Waals surface area contributed by atoms with E-state index in [9.17, 15) is 0 Å². The second-order valence-electron chi connectivity index (χ2n) is 14.4. The van der Waals surface area contributed by atoms with Gasteiger partial charge in [0.2, 0.25) is 0 Å². The predicted molar refractivity (Wildman–Crippen MR) is 192 cm³/mol. The van der Waals surface area contributed by atoms with Gasteiger partial charge in [0.15, 0.2) is 0 Å². The maximum atomic E-state index is 2.58. The van der Waals surface area contributed by atoms with Crippen LogP contribution in [0.5, 0.6) is 0 Å². The summed E-state index contributed by atoms with van der Waals surface area (Å²) in [5.74, 6) is 0. The van der Waals surface area contributed by atoms with Crippen molar-refractivity contribution in [2.45, 2.75) is 57.9 Å². The molecule has 0 bridgehead atoms. The Kier molecular flexibility index (Phi) is 5.52. The highest BCUT2D eigenvalue weighted by atomic mass is 15.0. The molecule has 1 aliphatic carbocycles. The molecule has 9 rings (SSSR count). The Labute approximate surface area is 264 Å². The number of rotatable bonds is 3. The number of hydrogen-bond acceptors (Lipinski definition) is 0. The van der Waals surface area contributed by atoms with Gasteiger partial charge in [0.25, 0.3) is 0 Å². The van der Waals surface area contributed by atoms with Crippen molar-refractivity contribution in [1.29, 1.82) is 0 Å². The van der Waals surface area contributed by atoms with E-state index in [2.05, 4.69) is 158 Å². The second kappa shape index (κ2) is 9.34. The van der Waals surface area contributed by atoms with E-state index in [4.69, 9.17) is 0 Å². The fourth-order valence-corrected chi connectivity index (χ4v) is 8.36. The molecule has 0 fully saturated rings. The molecule has 0 amide bonds. The molecular weight excluding hydrogens is 544 g/mol. The molecule has 0 unspecified atom stereocenters. The van der Waals surface area contributed by atoms with Crippen molar-refractivity contribution in [3.63, 3.8) is 0 Å². The zero-order valence-corrected chi connectivity index (χ0v) is 26.6. The normalized spacial score (nSPS) is 15.8. The Morgan fingerprint density at radius 1 is 0.511 bits per heavy atom. The molecule has 0 aliphatic heterocycles. The van der Waals surface area contributed by atoms with Crippen molar-refractivity contribution in [1.82, 2.24) is 9.13 Å². The highest BCUT2D eigenvalue weighted by molar-refractivity contribution is 6.36. The van der Waals surface area contributed by atoms with Crippen molar-refractivity contribution in [3.05, 3.63) is 138 Å². The van der Waals surface area contributed by atoms with E-state index in [0.717, 1.165) is 6.54 Å². The van der Waals surface area contributed by atoms with Gasteiger partial charge in [-0.2, -0.15) is 0 Å². The summed E-state index contributed by atoms with van der Waals surface area (Å²) in [7, 11) is 0. The van der Waals surface area contributed by atoms with E-state index in [0.29, 0.717) is 0 Å². The SMILES string of the molecule is CC1(C)CCC(C)(C)c2cc3c(cc21)c1c2ccccc2c2c4ccccc4n(Cc4ccccc4)c2c1n3-c1ccccc1. The molecule has 2 heterocycles. The third-order valence-electron chi connectivity index (χ3n) is 10.8. The molecule has 0 N–H and O–H groups in total. The van der Waals surface area contributed by atoms with Gasteiger partial charge in [0.1, 0.15) is 0 Å². The lowest BCUT2D eigenvalue weighted by molar-refractivity contribution is 0.332. The summed E-state index contributed by atoms with van der Waals surface area (Å²) in [6.45, 7) is 10.6. The molecule has 2 nitrogen and oxygen atoms in total. The topological polar surface area (TPSA) is 9.86 Å². The molecular formula is C43H38N2. The Bertz CT molecular complexity index is 2440. The minimum atomic E-state index is 0.122. The van der Waals surface area contributed by atoms with Crippen LogP contribution < -0.4 is 0 Å². The van der Waals surface area contributed by atoms with Crippen molar-refractivity contribution in [3.8, 4) is 5.69 Å². The lowest BCUT2D eigenvalue weighted by Gasteiger charge is -2.42. The first kappa shape index (κ1) is 26.6. The van der Waals surface area contributed by atoms with E-state index in [-0.39, 0.29) is 10.8 Å². The molecule has 0 saturated carbocycles. The summed E-state index contributed by atoms with van der Waals surface area (Å²) < 4.78 is 5.17. The van der Waals surface area contributed by atoms with Gasteiger partial charge in [0.05, 0.1) is 16.6 Å². The number of aromatic nitrogens is 2. The van der Waals surface area contributed by atoms with E-state index < -0.39 is 0 Å². The Morgan fingerprint density at radius 3 is 1.71 bits per heavy atom. The van der Waals surface area contributed by atoms with Crippen LogP contribution in [0.15, 0.2) is 121 Å². The van der Waals surface area contributed by atoms with Gasteiger partial charge in [-0.3, -0.25) is 0 Å². The van der Waals surface area contributed by atoms with Gasteiger partial charge in [-0.15, -0.1) is 0 Å². The molecule has 0 radical (unpaired) electrons. The summed E-state index contributed by atoms with van der Waals surface area (Å²) in [4.78, 5) is 0. The van der Waals surface area contributed by atoms with E-state index in [1.54, 1.807) is 0 Å². The average molecular weight is 583 g/mol. The Hall–Kier alpha value is -4.82. The Morgan fingerprint density at radius 2 is 1.04 bits per heavy atom. The van der Waals surface area contributed by atoms with Crippen molar-refractivity contribution < 1.29 is 0 Å². The van der Waals surface area contributed by atoms with Crippen LogP contribution in [0.25, 0.3) is 60.1 Å². The first-order valence-corrected chi connectivity index (χ1v) is 16.4. The van der Waals surface area contributed by atoms with Crippen LogP contribution in [-0.4, -0.2) is 9.13 Å². The van der Waals surface area contributed by atoms with Crippen LogP contribution in [0.2, 0.25) is 0 Å². The van der Waals surface area contributed by atoms with Crippen LogP contribution in [0.4, 0.5) is 0 Å².